The molecule has 43 heavy (non-hydrogen) atoms. The van der Waals surface area contributed by atoms with E-state index in [1.807, 2.05) is 18.2 Å². The van der Waals surface area contributed by atoms with Crippen LogP contribution in [-0.2, 0) is 6.18 Å². The lowest BCUT2D eigenvalue weighted by Gasteiger charge is -2.37. The Balaban J connectivity index is 1.55. The summed E-state index contributed by atoms with van der Waals surface area (Å²) in [6.07, 6.45) is -4.64. The number of carbonyl (C=O) groups is 3. The summed E-state index contributed by atoms with van der Waals surface area (Å²) in [5.41, 5.74) is 2.60. The molecule has 6 amide bonds. The fourth-order valence-corrected chi connectivity index (χ4v) is 5.14. The average Bonchev–Trinajstić information content (AvgIpc) is 3.41. The number of rotatable bonds is 6. The maximum absolute atomic E-state index is 13.8. The number of nitriles is 1. The first kappa shape index (κ1) is 29.2. The highest BCUT2D eigenvalue weighted by Gasteiger charge is 2.38. The lowest BCUT2D eigenvalue weighted by molar-refractivity contribution is -0.137. The number of anilines is 1. The number of urea groups is 3. The summed E-state index contributed by atoms with van der Waals surface area (Å²) in [4.78, 5) is 42.6. The summed E-state index contributed by atoms with van der Waals surface area (Å²) in [5, 5.41) is 14.6. The van der Waals surface area contributed by atoms with Crippen LogP contribution in [0.25, 0.3) is 16.7 Å². The SMILES string of the molecule is CC1=C(c2ccccc2-c2ccc(C#N)cc2)CN(C(=O)NCCN2CCNC2=O)C(=O)N1c1cccc(C(F)(F)F)c1. The first-order chi connectivity index (χ1) is 20.6. The molecule has 0 atom stereocenters. The van der Waals surface area contributed by atoms with E-state index in [1.54, 1.807) is 37.3 Å². The molecule has 0 aliphatic carbocycles. The number of benzene rings is 3. The third kappa shape index (κ3) is 6.01. The molecule has 0 unspecified atom stereocenters. The molecule has 3 aromatic carbocycles. The van der Waals surface area contributed by atoms with E-state index < -0.39 is 23.8 Å². The Morgan fingerprint density at radius 2 is 1.74 bits per heavy atom. The average molecular weight is 589 g/mol. The van der Waals surface area contributed by atoms with Crippen molar-refractivity contribution in [1.82, 2.24) is 20.4 Å². The summed E-state index contributed by atoms with van der Waals surface area (Å²) >= 11 is 0. The van der Waals surface area contributed by atoms with Gasteiger partial charge in [0, 0.05) is 31.9 Å². The minimum atomic E-state index is -4.64. The highest BCUT2D eigenvalue weighted by atomic mass is 19.4. The molecule has 0 saturated carbocycles. The Labute approximate surface area is 245 Å². The van der Waals surface area contributed by atoms with Crippen molar-refractivity contribution in [3.63, 3.8) is 0 Å². The Kier molecular flexibility index (Phi) is 8.07. The normalized spacial score (nSPS) is 15.5. The van der Waals surface area contributed by atoms with Crippen LogP contribution in [0.1, 0.15) is 23.6 Å². The molecule has 2 aliphatic rings. The molecule has 0 bridgehead atoms. The summed E-state index contributed by atoms with van der Waals surface area (Å²) in [6.45, 7) is 2.75. The largest absolute Gasteiger partial charge is 0.416 e. The van der Waals surface area contributed by atoms with Crippen molar-refractivity contribution < 1.29 is 27.6 Å². The summed E-state index contributed by atoms with van der Waals surface area (Å²) in [5.74, 6) is 0. The van der Waals surface area contributed by atoms with Gasteiger partial charge in [0.1, 0.15) is 0 Å². The van der Waals surface area contributed by atoms with Gasteiger partial charge in [-0.05, 0) is 59.5 Å². The van der Waals surface area contributed by atoms with E-state index in [1.165, 1.54) is 17.0 Å². The van der Waals surface area contributed by atoms with Crippen LogP contribution in [0.3, 0.4) is 0 Å². The van der Waals surface area contributed by atoms with Crippen molar-refractivity contribution in [1.29, 1.82) is 5.26 Å². The van der Waals surface area contributed by atoms with Gasteiger partial charge in [-0.3, -0.25) is 4.90 Å². The van der Waals surface area contributed by atoms with Crippen LogP contribution in [0.5, 0.6) is 0 Å². The number of alkyl halides is 3. The maximum atomic E-state index is 13.8. The predicted octanol–water partition coefficient (Wildman–Crippen LogP) is 5.65. The van der Waals surface area contributed by atoms with Crippen LogP contribution in [0.4, 0.5) is 33.2 Å². The number of nitrogens with one attached hydrogen (secondary N) is 2. The molecule has 9 nitrogen and oxygen atoms in total. The van der Waals surface area contributed by atoms with Crippen molar-refractivity contribution >= 4 is 29.4 Å². The van der Waals surface area contributed by atoms with Crippen LogP contribution < -0.4 is 15.5 Å². The highest BCUT2D eigenvalue weighted by Crippen LogP contribution is 2.38. The van der Waals surface area contributed by atoms with E-state index in [4.69, 9.17) is 0 Å². The molecular formula is C31H27F3N6O3. The molecule has 220 valence electrons. The lowest BCUT2D eigenvalue weighted by atomic mass is 9.91. The number of hydrogen-bond acceptors (Lipinski definition) is 4. The predicted molar refractivity (Wildman–Crippen MR) is 154 cm³/mol. The van der Waals surface area contributed by atoms with Gasteiger partial charge >= 0.3 is 24.3 Å². The van der Waals surface area contributed by atoms with Gasteiger partial charge in [0.05, 0.1) is 29.4 Å². The summed E-state index contributed by atoms with van der Waals surface area (Å²) in [7, 11) is 0. The molecule has 0 spiro atoms. The van der Waals surface area contributed by atoms with Gasteiger partial charge in [-0.1, -0.05) is 42.5 Å². The minimum absolute atomic E-state index is 0.0445. The zero-order valence-electron chi connectivity index (χ0n) is 23.1. The third-order valence-electron chi connectivity index (χ3n) is 7.37. The molecule has 2 N–H and O–H groups in total. The topological polar surface area (TPSA) is 109 Å². The van der Waals surface area contributed by atoms with E-state index in [0.29, 0.717) is 35.5 Å². The van der Waals surface area contributed by atoms with Gasteiger partial charge in [-0.2, -0.15) is 18.4 Å². The highest BCUT2D eigenvalue weighted by molar-refractivity contribution is 6.09. The number of halogens is 3. The summed E-state index contributed by atoms with van der Waals surface area (Å²) in [6, 6.07) is 18.8. The van der Waals surface area contributed by atoms with Gasteiger partial charge in [-0.25, -0.2) is 19.3 Å². The maximum Gasteiger partial charge on any atom is 0.416 e. The lowest BCUT2D eigenvalue weighted by Crippen LogP contribution is -2.54. The number of carbonyl (C=O) groups excluding carboxylic acids is 3. The van der Waals surface area contributed by atoms with Gasteiger partial charge < -0.3 is 15.5 Å². The van der Waals surface area contributed by atoms with Gasteiger partial charge in [0.2, 0.25) is 0 Å². The van der Waals surface area contributed by atoms with Crippen molar-refractivity contribution in [2.75, 3.05) is 37.6 Å². The second-order valence-electron chi connectivity index (χ2n) is 10.0. The van der Waals surface area contributed by atoms with Crippen LogP contribution in [0.15, 0.2) is 78.5 Å². The van der Waals surface area contributed by atoms with Crippen LogP contribution in [0, 0.1) is 11.3 Å². The van der Waals surface area contributed by atoms with Crippen molar-refractivity contribution in [2.24, 2.45) is 0 Å². The van der Waals surface area contributed by atoms with Crippen molar-refractivity contribution in [2.45, 2.75) is 13.1 Å². The number of hydrogen-bond donors (Lipinski definition) is 2. The van der Waals surface area contributed by atoms with Crippen molar-refractivity contribution in [3.8, 4) is 17.2 Å². The summed E-state index contributed by atoms with van der Waals surface area (Å²) < 4.78 is 40.9. The van der Waals surface area contributed by atoms with Crippen LogP contribution >= 0.6 is 0 Å². The Morgan fingerprint density at radius 3 is 2.40 bits per heavy atom. The standard InChI is InChI=1S/C31H27F3N6O3/c1-20-27(26-8-3-2-7-25(26)22-11-9-21(18-35)10-12-22)19-39(29(42)37-14-16-38-15-13-36-28(38)41)30(43)40(20)24-6-4-5-23(17-24)31(32,33)34/h2-12,17H,13-16,19H2,1H3,(H,36,41)(H,37,42). The molecule has 1 fully saturated rings. The van der Waals surface area contributed by atoms with Gasteiger partial charge in [-0.15, -0.1) is 0 Å². The zero-order chi connectivity index (χ0) is 30.7. The van der Waals surface area contributed by atoms with Crippen LogP contribution in [-0.4, -0.2) is 60.6 Å². The first-order valence-corrected chi connectivity index (χ1v) is 13.5. The van der Waals surface area contributed by atoms with E-state index in [2.05, 4.69) is 16.7 Å². The smallest absolute Gasteiger partial charge is 0.336 e. The molecule has 2 aliphatic heterocycles. The number of nitrogens with zero attached hydrogens (tertiary/aromatic N) is 4. The molecule has 12 heteroatoms. The Morgan fingerprint density at radius 1 is 1.02 bits per heavy atom. The molecule has 0 radical (unpaired) electrons. The number of amides is 6. The first-order valence-electron chi connectivity index (χ1n) is 13.5. The zero-order valence-corrected chi connectivity index (χ0v) is 23.1. The molecular weight excluding hydrogens is 561 g/mol. The van der Waals surface area contributed by atoms with Crippen molar-refractivity contribution in [3.05, 3.63) is 95.2 Å². The van der Waals surface area contributed by atoms with Crippen LogP contribution in [0.2, 0.25) is 0 Å². The van der Waals surface area contributed by atoms with E-state index >= 15 is 0 Å². The molecule has 3 aromatic rings. The third-order valence-corrected chi connectivity index (χ3v) is 7.37. The molecule has 5 rings (SSSR count). The number of imide groups is 1. The van der Waals surface area contributed by atoms with E-state index in [0.717, 1.165) is 33.1 Å². The minimum Gasteiger partial charge on any atom is -0.336 e. The Bertz CT molecular complexity index is 1650. The fourth-order valence-electron chi connectivity index (χ4n) is 5.14. The number of allylic oxidation sites excluding steroid dienone is 1. The Hall–Kier alpha value is -5.31. The second kappa shape index (κ2) is 11.9. The van der Waals surface area contributed by atoms with E-state index in [9.17, 15) is 32.8 Å². The van der Waals surface area contributed by atoms with E-state index in [-0.39, 0.29) is 31.4 Å². The second-order valence-corrected chi connectivity index (χ2v) is 10.0. The molecule has 1 saturated heterocycles. The van der Waals surface area contributed by atoms with Gasteiger partial charge in [0.25, 0.3) is 0 Å². The monoisotopic (exact) mass is 588 g/mol. The van der Waals surface area contributed by atoms with Gasteiger partial charge in [0.15, 0.2) is 0 Å². The molecule has 2 heterocycles. The quantitative estimate of drug-likeness (QED) is 0.388. The molecule has 0 aromatic heterocycles. The fraction of sp³-hybridized carbons (Fsp3) is 0.226.